The molecule has 0 atom stereocenters. The van der Waals surface area contributed by atoms with Crippen LogP contribution in [-0.4, -0.2) is 19.8 Å². The summed E-state index contributed by atoms with van der Waals surface area (Å²) in [6.45, 7) is 0.826. The number of nitrogens with zero attached hydrogens (tertiary/aromatic N) is 1. The van der Waals surface area contributed by atoms with Crippen molar-refractivity contribution in [1.82, 2.24) is 0 Å². The summed E-state index contributed by atoms with van der Waals surface area (Å²) in [6.07, 6.45) is -4.19. The maximum absolute atomic E-state index is 12.2. The minimum Gasteiger partial charge on any atom is -0.366 e. The lowest BCUT2D eigenvalue weighted by molar-refractivity contribution is -0.119. The number of hydrogen-bond acceptors (Lipinski definition) is 1. The number of anilines is 1. The fourth-order valence-corrected chi connectivity index (χ4v) is 1.75. The largest absolute Gasteiger partial charge is 0.405 e. The molecule has 1 aromatic carbocycles. The predicted octanol–water partition coefficient (Wildman–Crippen LogP) is 3.73. The van der Waals surface area contributed by atoms with Crippen LogP contribution in [0.1, 0.15) is 11.1 Å². The standard InChI is InChI=1S/C11H13ClF3N/c1-8-5-9(6-12)3-4-10(8)16(2)7-11(13,14)15/h3-5H,6-7H2,1-2H3. The second-order valence-corrected chi connectivity index (χ2v) is 3.99. The summed E-state index contributed by atoms with van der Waals surface area (Å²) in [5.41, 5.74) is 2.28. The molecule has 16 heavy (non-hydrogen) atoms. The molecular weight excluding hydrogens is 239 g/mol. The highest BCUT2D eigenvalue weighted by molar-refractivity contribution is 6.17. The van der Waals surface area contributed by atoms with Crippen LogP contribution in [0, 0.1) is 6.92 Å². The molecule has 0 radical (unpaired) electrons. The van der Waals surface area contributed by atoms with E-state index in [-0.39, 0.29) is 0 Å². The molecule has 1 rings (SSSR count). The van der Waals surface area contributed by atoms with Crippen molar-refractivity contribution in [2.75, 3.05) is 18.5 Å². The lowest BCUT2D eigenvalue weighted by Gasteiger charge is -2.23. The van der Waals surface area contributed by atoms with E-state index in [9.17, 15) is 13.2 Å². The molecule has 0 unspecified atom stereocenters. The number of hydrogen-bond donors (Lipinski definition) is 0. The lowest BCUT2D eigenvalue weighted by atomic mass is 10.1. The van der Waals surface area contributed by atoms with Crippen LogP contribution in [0.2, 0.25) is 0 Å². The van der Waals surface area contributed by atoms with Gasteiger partial charge in [-0.2, -0.15) is 13.2 Å². The Balaban J connectivity index is 2.88. The number of halogens is 4. The molecule has 0 aliphatic rings. The van der Waals surface area contributed by atoms with Gasteiger partial charge in [0.05, 0.1) is 0 Å². The van der Waals surface area contributed by atoms with E-state index in [0.717, 1.165) is 11.1 Å². The summed E-state index contributed by atoms with van der Waals surface area (Å²) in [5, 5.41) is 0. The van der Waals surface area contributed by atoms with E-state index in [0.29, 0.717) is 11.6 Å². The first-order valence-corrected chi connectivity index (χ1v) is 5.30. The summed E-state index contributed by atoms with van der Waals surface area (Å²) in [7, 11) is 1.43. The van der Waals surface area contributed by atoms with Crippen molar-refractivity contribution in [2.45, 2.75) is 19.0 Å². The van der Waals surface area contributed by atoms with Gasteiger partial charge in [-0.25, -0.2) is 0 Å². The highest BCUT2D eigenvalue weighted by Crippen LogP contribution is 2.24. The van der Waals surface area contributed by atoms with Crippen molar-refractivity contribution in [1.29, 1.82) is 0 Å². The van der Waals surface area contributed by atoms with Crippen molar-refractivity contribution < 1.29 is 13.2 Å². The van der Waals surface area contributed by atoms with E-state index in [1.165, 1.54) is 11.9 Å². The van der Waals surface area contributed by atoms with E-state index < -0.39 is 12.7 Å². The number of alkyl halides is 4. The van der Waals surface area contributed by atoms with Crippen LogP contribution in [-0.2, 0) is 5.88 Å². The van der Waals surface area contributed by atoms with E-state index >= 15 is 0 Å². The number of rotatable bonds is 3. The van der Waals surface area contributed by atoms with Crippen LogP contribution >= 0.6 is 11.6 Å². The van der Waals surface area contributed by atoms with E-state index in [1.54, 1.807) is 25.1 Å². The number of aryl methyl sites for hydroxylation is 1. The van der Waals surface area contributed by atoms with Gasteiger partial charge in [0.25, 0.3) is 0 Å². The van der Waals surface area contributed by atoms with Gasteiger partial charge < -0.3 is 4.90 Å². The fraction of sp³-hybridized carbons (Fsp3) is 0.455. The molecule has 1 nitrogen and oxygen atoms in total. The quantitative estimate of drug-likeness (QED) is 0.740. The molecule has 90 valence electrons. The maximum atomic E-state index is 12.2. The molecule has 5 heteroatoms. The van der Waals surface area contributed by atoms with Crippen molar-refractivity contribution in [3.8, 4) is 0 Å². The summed E-state index contributed by atoms with van der Waals surface area (Å²) in [6, 6.07) is 5.20. The summed E-state index contributed by atoms with van der Waals surface area (Å²) < 4.78 is 36.6. The van der Waals surface area contributed by atoms with Gasteiger partial charge in [-0.15, -0.1) is 11.6 Å². The Kier molecular flexibility index (Phi) is 4.08. The SMILES string of the molecule is Cc1cc(CCl)ccc1N(C)CC(F)(F)F. The first-order chi connectivity index (χ1) is 7.33. The highest BCUT2D eigenvalue weighted by Gasteiger charge is 2.29. The average Bonchev–Trinajstić information content (AvgIpc) is 2.14. The van der Waals surface area contributed by atoms with Crippen LogP contribution in [0.15, 0.2) is 18.2 Å². The third kappa shape index (κ3) is 3.59. The predicted molar refractivity (Wildman–Crippen MR) is 60.1 cm³/mol. The van der Waals surface area contributed by atoms with E-state index in [4.69, 9.17) is 11.6 Å². The Labute approximate surface area is 97.8 Å². The smallest absolute Gasteiger partial charge is 0.366 e. The molecule has 0 saturated heterocycles. The minimum atomic E-state index is -4.19. The second-order valence-electron chi connectivity index (χ2n) is 3.73. The molecule has 1 aromatic rings. The van der Waals surface area contributed by atoms with Gasteiger partial charge in [-0.05, 0) is 24.1 Å². The molecule has 0 saturated carbocycles. The number of benzene rings is 1. The Morgan fingerprint density at radius 1 is 1.31 bits per heavy atom. The van der Waals surface area contributed by atoms with E-state index in [2.05, 4.69) is 0 Å². The maximum Gasteiger partial charge on any atom is 0.405 e. The topological polar surface area (TPSA) is 3.24 Å². The van der Waals surface area contributed by atoms with Crippen molar-refractivity contribution >= 4 is 17.3 Å². The van der Waals surface area contributed by atoms with Gasteiger partial charge in [0, 0.05) is 18.6 Å². The zero-order chi connectivity index (χ0) is 12.3. The van der Waals surface area contributed by atoms with Crippen LogP contribution in [0.25, 0.3) is 0 Å². The van der Waals surface area contributed by atoms with Crippen LogP contribution in [0.4, 0.5) is 18.9 Å². The first kappa shape index (κ1) is 13.2. The third-order valence-electron chi connectivity index (χ3n) is 2.24. The summed E-state index contributed by atoms with van der Waals surface area (Å²) in [5.74, 6) is 0.365. The van der Waals surface area contributed by atoms with Gasteiger partial charge >= 0.3 is 6.18 Å². The molecule has 0 amide bonds. The van der Waals surface area contributed by atoms with Gasteiger partial charge in [0.2, 0.25) is 0 Å². The average molecular weight is 252 g/mol. The Hall–Kier alpha value is -0.900. The Bertz CT molecular complexity index is 363. The lowest BCUT2D eigenvalue weighted by Crippen LogP contribution is -2.31. The molecule has 0 fully saturated rings. The zero-order valence-electron chi connectivity index (χ0n) is 9.11. The van der Waals surface area contributed by atoms with Gasteiger partial charge in [0.15, 0.2) is 0 Å². The van der Waals surface area contributed by atoms with Crippen LogP contribution < -0.4 is 4.90 Å². The Morgan fingerprint density at radius 3 is 2.38 bits per heavy atom. The second kappa shape index (κ2) is 4.95. The van der Waals surface area contributed by atoms with Crippen LogP contribution in [0.5, 0.6) is 0 Å². The van der Waals surface area contributed by atoms with Crippen molar-refractivity contribution in [3.63, 3.8) is 0 Å². The van der Waals surface area contributed by atoms with Crippen molar-refractivity contribution in [3.05, 3.63) is 29.3 Å². The molecule has 0 bridgehead atoms. The van der Waals surface area contributed by atoms with Crippen LogP contribution in [0.3, 0.4) is 0 Å². The molecule has 0 aliphatic carbocycles. The van der Waals surface area contributed by atoms with Gasteiger partial charge in [-0.3, -0.25) is 0 Å². The summed E-state index contributed by atoms with van der Waals surface area (Å²) in [4.78, 5) is 1.19. The third-order valence-corrected chi connectivity index (χ3v) is 2.55. The molecule has 0 N–H and O–H groups in total. The minimum absolute atomic E-state index is 0.365. The molecular formula is C11H13ClF3N. The fourth-order valence-electron chi connectivity index (χ4n) is 1.58. The normalized spacial score (nSPS) is 11.6. The first-order valence-electron chi connectivity index (χ1n) is 4.77. The monoisotopic (exact) mass is 251 g/mol. The van der Waals surface area contributed by atoms with Gasteiger partial charge in [0.1, 0.15) is 6.54 Å². The molecule has 0 aromatic heterocycles. The van der Waals surface area contributed by atoms with Gasteiger partial charge in [-0.1, -0.05) is 12.1 Å². The summed E-state index contributed by atoms with van der Waals surface area (Å²) >= 11 is 5.64. The van der Waals surface area contributed by atoms with E-state index in [1.807, 2.05) is 0 Å². The highest BCUT2D eigenvalue weighted by atomic mass is 35.5. The molecule has 0 heterocycles. The molecule has 0 spiro atoms. The zero-order valence-corrected chi connectivity index (χ0v) is 9.86. The van der Waals surface area contributed by atoms with Crippen molar-refractivity contribution in [2.24, 2.45) is 0 Å². The Morgan fingerprint density at radius 2 is 1.94 bits per heavy atom. The molecule has 0 aliphatic heterocycles.